The van der Waals surface area contributed by atoms with Gasteiger partial charge in [-0.1, -0.05) is 26.7 Å². The van der Waals surface area contributed by atoms with Gasteiger partial charge in [-0.25, -0.2) is 0 Å². The molecule has 0 aromatic heterocycles. The van der Waals surface area contributed by atoms with Gasteiger partial charge in [0.05, 0.1) is 0 Å². The minimum Gasteiger partial charge on any atom is -0.386 e. The molecule has 0 aliphatic heterocycles. The topological polar surface area (TPSA) is 30.5 Å². The molecule has 0 saturated heterocycles. The van der Waals surface area contributed by atoms with Crippen LogP contribution in [-0.2, 0) is 8.85 Å². The SMILES string of the molecule is CC[Si](NC1CCCCC1C)(OC)OC. The van der Waals surface area contributed by atoms with Crippen molar-refractivity contribution < 1.29 is 8.85 Å². The van der Waals surface area contributed by atoms with Gasteiger partial charge in [-0.2, -0.15) is 0 Å². The van der Waals surface area contributed by atoms with Gasteiger partial charge >= 0.3 is 8.72 Å². The van der Waals surface area contributed by atoms with Gasteiger partial charge in [0, 0.05) is 26.3 Å². The monoisotopic (exact) mass is 231 g/mol. The van der Waals surface area contributed by atoms with Crippen LogP contribution in [0.5, 0.6) is 0 Å². The van der Waals surface area contributed by atoms with Crippen molar-refractivity contribution in [1.82, 2.24) is 4.98 Å². The minimum absolute atomic E-state index is 0.588. The summed E-state index contributed by atoms with van der Waals surface area (Å²) in [7, 11) is 1.43. The first-order valence-electron chi connectivity index (χ1n) is 6.05. The van der Waals surface area contributed by atoms with Gasteiger partial charge in [0.2, 0.25) is 0 Å². The molecular weight excluding hydrogens is 206 g/mol. The lowest BCUT2D eigenvalue weighted by atomic mass is 9.87. The summed E-state index contributed by atoms with van der Waals surface area (Å²) in [6, 6.07) is 1.55. The van der Waals surface area contributed by atoms with Gasteiger partial charge in [-0.3, -0.25) is 4.98 Å². The standard InChI is InChI=1S/C11H25NO2Si/c1-5-15(13-3,14-4)12-11-9-7-6-8-10(11)2/h10-12H,5-9H2,1-4H3. The predicted octanol–water partition coefficient (Wildman–Crippen LogP) is 2.41. The summed E-state index contributed by atoms with van der Waals surface area (Å²) in [5.74, 6) is 0.752. The maximum Gasteiger partial charge on any atom is 0.424 e. The highest BCUT2D eigenvalue weighted by Crippen LogP contribution is 2.25. The Balaban J connectivity index is 2.56. The van der Waals surface area contributed by atoms with E-state index in [0.29, 0.717) is 6.04 Å². The van der Waals surface area contributed by atoms with Crippen LogP contribution in [0.3, 0.4) is 0 Å². The Hall–Kier alpha value is 0.0969. The van der Waals surface area contributed by atoms with E-state index in [9.17, 15) is 0 Å². The summed E-state index contributed by atoms with van der Waals surface area (Å²) >= 11 is 0. The van der Waals surface area contributed by atoms with Crippen LogP contribution in [-0.4, -0.2) is 29.0 Å². The smallest absolute Gasteiger partial charge is 0.386 e. The number of rotatable bonds is 5. The van der Waals surface area contributed by atoms with Crippen molar-refractivity contribution in [1.29, 1.82) is 0 Å². The molecule has 4 heteroatoms. The van der Waals surface area contributed by atoms with E-state index in [2.05, 4.69) is 18.8 Å². The number of hydrogen-bond donors (Lipinski definition) is 1. The number of hydrogen-bond acceptors (Lipinski definition) is 3. The van der Waals surface area contributed by atoms with E-state index in [1.54, 1.807) is 14.2 Å². The fourth-order valence-electron chi connectivity index (χ4n) is 2.41. The van der Waals surface area contributed by atoms with Crippen molar-refractivity contribution in [2.45, 2.75) is 51.6 Å². The third kappa shape index (κ3) is 3.28. The molecule has 0 bridgehead atoms. The van der Waals surface area contributed by atoms with Crippen molar-refractivity contribution in [2.75, 3.05) is 14.2 Å². The zero-order valence-corrected chi connectivity index (χ0v) is 11.5. The van der Waals surface area contributed by atoms with Crippen molar-refractivity contribution in [2.24, 2.45) is 5.92 Å². The molecule has 0 aromatic rings. The molecule has 0 spiro atoms. The van der Waals surface area contributed by atoms with Gasteiger partial charge < -0.3 is 8.85 Å². The van der Waals surface area contributed by atoms with E-state index in [4.69, 9.17) is 8.85 Å². The van der Waals surface area contributed by atoms with Crippen LogP contribution in [0.4, 0.5) is 0 Å². The summed E-state index contributed by atoms with van der Waals surface area (Å²) in [4.78, 5) is 3.66. The van der Waals surface area contributed by atoms with Crippen LogP contribution in [0.1, 0.15) is 39.5 Å². The minimum atomic E-state index is -2.10. The average molecular weight is 231 g/mol. The molecule has 2 unspecified atom stereocenters. The largest absolute Gasteiger partial charge is 0.424 e. The first-order chi connectivity index (χ1) is 7.17. The Morgan fingerprint density at radius 3 is 2.27 bits per heavy atom. The van der Waals surface area contributed by atoms with E-state index in [-0.39, 0.29) is 0 Å². The molecule has 0 heterocycles. The van der Waals surface area contributed by atoms with Crippen molar-refractivity contribution in [3.63, 3.8) is 0 Å². The van der Waals surface area contributed by atoms with Crippen molar-refractivity contribution in [3.05, 3.63) is 0 Å². The average Bonchev–Trinajstić information content (AvgIpc) is 2.29. The maximum absolute atomic E-state index is 5.59. The molecule has 0 aromatic carbocycles. The fourth-order valence-corrected chi connectivity index (χ4v) is 4.58. The Bertz CT molecular complexity index is 177. The molecule has 1 aliphatic carbocycles. The fraction of sp³-hybridized carbons (Fsp3) is 1.00. The molecule has 0 amide bonds. The molecule has 90 valence electrons. The van der Waals surface area contributed by atoms with Crippen LogP contribution < -0.4 is 4.98 Å². The molecule has 1 N–H and O–H groups in total. The third-order valence-electron chi connectivity index (χ3n) is 3.64. The van der Waals surface area contributed by atoms with E-state index in [1.165, 1.54) is 25.7 Å². The first-order valence-corrected chi connectivity index (χ1v) is 8.07. The van der Waals surface area contributed by atoms with E-state index in [0.717, 1.165) is 12.0 Å². The molecule has 1 aliphatic rings. The zero-order valence-electron chi connectivity index (χ0n) is 10.5. The Kier molecular flexibility index (Phi) is 5.25. The second kappa shape index (κ2) is 5.99. The van der Waals surface area contributed by atoms with Gasteiger partial charge in [-0.05, 0) is 18.8 Å². The summed E-state index contributed by atoms with van der Waals surface area (Å²) in [5.41, 5.74) is 0. The molecule has 1 saturated carbocycles. The second-order valence-corrected chi connectivity index (χ2v) is 7.85. The Labute approximate surface area is 94.9 Å². The lowest BCUT2D eigenvalue weighted by Gasteiger charge is -2.36. The summed E-state index contributed by atoms with van der Waals surface area (Å²) in [6.07, 6.45) is 5.31. The number of nitrogens with one attached hydrogen (secondary N) is 1. The summed E-state index contributed by atoms with van der Waals surface area (Å²) < 4.78 is 11.2. The molecule has 1 rings (SSSR count). The van der Waals surface area contributed by atoms with Gasteiger partial charge in [-0.15, -0.1) is 0 Å². The van der Waals surface area contributed by atoms with Crippen LogP contribution in [0.25, 0.3) is 0 Å². The van der Waals surface area contributed by atoms with Gasteiger partial charge in [0.25, 0.3) is 0 Å². The summed E-state index contributed by atoms with van der Waals surface area (Å²) in [5, 5.41) is 0. The van der Waals surface area contributed by atoms with Crippen LogP contribution in [0.2, 0.25) is 6.04 Å². The van der Waals surface area contributed by atoms with Crippen LogP contribution in [0.15, 0.2) is 0 Å². The van der Waals surface area contributed by atoms with Gasteiger partial charge in [0.1, 0.15) is 0 Å². The Morgan fingerprint density at radius 1 is 1.20 bits per heavy atom. The van der Waals surface area contributed by atoms with Gasteiger partial charge in [0.15, 0.2) is 0 Å². The molecular formula is C11H25NO2Si. The first kappa shape index (κ1) is 13.2. The zero-order chi connectivity index (χ0) is 11.3. The molecule has 3 nitrogen and oxygen atoms in total. The van der Waals surface area contributed by atoms with Crippen LogP contribution >= 0.6 is 0 Å². The highest BCUT2D eigenvalue weighted by Gasteiger charge is 2.38. The molecule has 0 radical (unpaired) electrons. The summed E-state index contributed by atoms with van der Waals surface area (Å²) in [6.45, 7) is 4.47. The molecule has 1 fully saturated rings. The van der Waals surface area contributed by atoms with E-state index < -0.39 is 8.72 Å². The lowest BCUT2D eigenvalue weighted by Crippen LogP contribution is -2.60. The maximum atomic E-state index is 5.59. The Morgan fingerprint density at radius 2 is 1.80 bits per heavy atom. The third-order valence-corrected chi connectivity index (χ3v) is 6.70. The van der Waals surface area contributed by atoms with Crippen LogP contribution in [0, 0.1) is 5.92 Å². The van der Waals surface area contributed by atoms with E-state index >= 15 is 0 Å². The highest BCUT2D eigenvalue weighted by atomic mass is 28.4. The normalized spacial score (nSPS) is 28.0. The second-order valence-electron chi connectivity index (χ2n) is 4.53. The molecule has 15 heavy (non-hydrogen) atoms. The lowest BCUT2D eigenvalue weighted by molar-refractivity contribution is 0.201. The predicted molar refractivity (Wildman–Crippen MR) is 64.8 cm³/mol. The molecule has 2 atom stereocenters. The van der Waals surface area contributed by atoms with Crippen molar-refractivity contribution in [3.8, 4) is 0 Å². The van der Waals surface area contributed by atoms with Crippen molar-refractivity contribution >= 4 is 8.72 Å². The quantitative estimate of drug-likeness (QED) is 0.737. The highest BCUT2D eigenvalue weighted by molar-refractivity contribution is 6.64. The van der Waals surface area contributed by atoms with E-state index in [1.807, 2.05) is 0 Å².